The quantitative estimate of drug-likeness (QED) is 0.259. The molecule has 1 aromatic carbocycles. The third-order valence-electron chi connectivity index (χ3n) is 4.19. The normalized spacial score (nSPS) is 11.0. The third kappa shape index (κ3) is 5.48. The molecule has 0 saturated heterocycles. The van der Waals surface area contributed by atoms with Crippen LogP contribution in [0.4, 0.5) is 0 Å². The molecule has 0 saturated carbocycles. The summed E-state index contributed by atoms with van der Waals surface area (Å²) in [6.45, 7) is 12.7. The lowest BCUT2D eigenvalue weighted by Crippen LogP contribution is -2.43. The van der Waals surface area contributed by atoms with E-state index in [2.05, 4.69) is 27.0 Å². The van der Waals surface area contributed by atoms with Crippen LogP contribution in [0.25, 0.3) is 0 Å². The van der Waals surface area contributed by atoms with Gasteiger partial charge in [0.15, 0.2) is 0 Å². The molecule has 0 amide bonds. The number of hydrogen-bond donors (Lipinski definition) is 0. The van der Waals surface area contributed by atoms with Crippen molar-refractivity contribution < 1.29 is 14.6 Å². The van der Waals surface area contributed by atoms with Gasteiger partial charge < -0.3 is 0 Å². The molecule has 0 unspecified atom stereocenters. The zero-order chi connectivity index (χ0) is 17.1. The molecule has 0 aliphatic rings. The van der Waals surface area contributed by atoms with Gasteiger partial charge in [-0.15, -0.1) is 13.2 Å². The summed E-state index contributed by atoms with van der Waals surface area (Å²) in [7, 11) is -1.85. The van der Waals surface area contributed by atoms with Gasteiger partial charge in [0, 0.05) is 0 Å². The molecule has 1 rings (SSSR count). The summed E-state index contributed by atoms with van der Waals surface area (Å²) in [6.07, 6.45) is 4.34. The summed E-state index contributed by atoms with van der Waals surface area (Å²) in [6, 6.07) is 8.50. The average molecular weight is 333 g/mol. The fraction of sp³-hybridized carbons (Fsp3) is 0.421. The van der Waals surface area contributed by atoms with Crippen molar-refractivity contribution in [1.82, 2.24) is 0 Å². The van der Waals surface area contributed by atoms with E-state index in [9.17, 15) is 4.79 Å². The highest BCUT2D eigenvalue weighted by atomic mass is 28.3. The van der Waals surface area contributed by atoms with Crippen LogP contribution in [0.5, 0.6) is 0 Å². The molecule has 1 aromatic rings. The monoisotopic (exact) mass is 332 g/mol. The molecule has 0 heterocycles. The van der Waals surface area contributed by atoms with Crippen LogP contribution in [0.3, 0.4) is 0 Å². The maximum absolute atomic E-state index is 11.9. The number of hydrogen-bond acceptors (Lipinski definition) is 3. The average Bonchev–Trinajstić information content (AvgIpc) is 2.60. The van der Waals surface area contributed by atoms with Gasteiger partial charge in [0.25, 0.3) is 0 Å². The molecule has 0 bridgehead atoms. The van der Waals surface area contributed by atoms with E-state index < -0.39 is 14.0 Å². The van der Waals surface area contributed by atoms with Crippen LogP contribution in [-0.4, -0.2) is 20.7 Å². The van der Waals surface area contributed by atoms with Crippen molar-refractivity contribution in [3.63, 3.8) is 0 Å². The van der Waals surface area contributed by atoms with Crippen molar-refractivity contribution in [2.24, 2.45) is 0 Å². The van der Waals surface area contributed by atoms with E-state index in [1.54, 1.807) is 12.1 Å². The lowest BCUT2D eigenvalue weighted by molar-refractivity contribution is -0.241. The summed E-state index contributed by atoms with van der Waals surface area (Å²) in [4.78, 5) is 21.8. The first-order chi connectivity index (χ1) is 11.1. The van der Waals surface area contributed by atoms with Gasteiger partial charge in [-0.2, -0.15) is 4.89 Å². The number of unbranched alkanes of at least 4 members (excludes halogenated alkanes) is 3. The third-order valence-corrected chi connectivity index (χ3v) is 8.22. The standard InChI is InChI=1S/C19H28O3Si/c1-5-9-10-11-16-21-22-19(20)17-12-14-18(15-13-17)23(6-2,7-3)8-4/h6-7,12-15H,2-3,5,8-11,16H2,1,4H3. The molecule has 126 valence electrons. The molecule has 23 heavy (non-hydrogen) atoms. The van der Waals surface area contributed by atoms with Crippen molar-refractivity contribution in [2.45, 2.75) is 45.6 Å². The molecule has 0 aliphatic heterocycles. The van der Waals surface area contributed by atoms with Crippen LogP contribution in [-0.2, 0) is 9.78 Å². The molecule has 0 radical (unpaired) electrons. The highest BCUT2D eigenvalue weighted by Gasteiger charge is 2.26. The minimum atomic E-state index is -1.85. The van der Waals surface area contributed by atoms with Gasteiger partial charge in [0.2, 0.25) is 0 Å². The second-order valence-electron chi connectivity index (χ2n) is 5.63. The molecule has 4 heteroatoms. The lowest BCUT2D eigenvalue weighted by atomic mass is 10.2. The first-order valence-corrected chi connectivity index (χ1v) is 10.7. The number of carbonyl (C=O) groups excluding carboxylic acids is 1. The van der Waals surface area contributed by atoms with E-state index in [1.807, 2.05) is 23.5 Å². The van der Waals surface area contributed by atoms with Crippen molar-refractivity contribution in [3.05, 3.63) is 54.4 Å². The van der Waals surface area contributed by atoms with Gasteiger partial charge in [-0.05, 0) is 24.6 Å². The zero-order valence-corrected chi connectivity index (χ0v) is 15.3. The van der Waals surface area contributed by atoms with Crippen LogP contribution in [0, 0.1) is 0 Å². The first kappa shape index (κ1) is 19.4. The highest BCUT2D eigenvalue weighted by molar-refractivity contribution is 6.99. The molecule has 3 nitrogen and oxygen atoms in total. The van der Waals surface area contributed by atoms with Gasteiger partial charge >= 0.3 is 5.97 Å². The van der Waals surface area contributed by atoms with Gasteiger partial charge in [0.1, 0.15) is 8.07 Å². The Labute approximate surface area is 140 Å². The van der Waals surface area contributed by atoms with Crippen LogP contribution in [0.1, 0.15) is 49.9 Å². The lowest BCUT2D eigenvalue weighted by Gasteiger charge is -2.23. The Bertz CT molecular complexity index is 500. The zero-order valence-electron chi connectivity index (χ0n) is 14.3. The largest absolute Gasteiger partial charge is 0.373 e. The van der Waals surface area contributed by atoms with Crippen LogP contribution >= 0.6 is 0 Å². The Hall–Kier alpha value is -1.65. The van der Waals surface area contributed by atoms with Crippen molar-refractivity contribution >= 4 is 19.2 Å². The van der Waals surface area contributed by atoms with E-state index in [-0.39, 0.29) is 0 Å². The Balaban J connectivity index is 2.57. The second-order valence-corrected chi connectivity index (χ2v) is 9.81. The van der Waals surface area contributed by atoms with E-state index in [4.69, 9.17) is 9.78 Å². The van der Waals surface area contributed by atoms with E-state index in [0.717, 1.165) is 18.9 Å². The maximum Gasteiger partial charge on any atom is 0.373 e. The van der Waals surface area contributed by atoms with Crippen molar-refractivity contribution in [2.75, 3.05) is 6.61 Å². The minimum absolute atomic E-state index is 0.447. The molecule has 0 fully saturated rings. The Morgan fingerprint density at radius 1 is 1.09 bits per heavy atom. The molecule has 0 aromatic heterocycles. The predicted octanol–water partition coefficient (Wildman–Crippen LogP) is 4.48. The summed E-state index contributed by atoms with van der Waals surface area (Å²) in [5.74, 6) is -0.451. The molecule has 0 aliphatic carbocycles. The van der Waals surface area contributed by atoms with Gasteiger partial charge in [0.05, 0.1) is 12.2 Å². The van der Waals surface area contributed by atoms with E-state index in [0.29, 0.717) is 12.2 Å². The number of benzene rings is 1. The van der Waals surface area contributed by atoms with Crippen LogP contribution in [0.15, 0.2) is 48.8 Å². The SMILES string of the molecule is C=C[Si](C=C)(CC)c1ccc(C(=O)OOCCCCCC)cc1. The van der Waals surface area contributed by atoms with E-state index >= 15 is 0 Å². The smallest absolute Gasteiger partial charge is 0.293 e. The van der Waals surface area contributed by atoms with Gasteiger partial charge in [-0.1, -0.05) is 61.8 Å². The minimum Gasteiger partial charge on any atom is -0.293 e. The summed E-state index contributed by atoms with van der Waals surface area (Å²) in [5.41, 5.74) is 4.54. The number of carbonyl (C=O) groups is 1. The van der Waals surface area contributed by atoms with Crippen LogP contribution in [0.2, 0.25) is 6.04 Å². The summed E-state index contributed by atoms with van der Waals surface area (Å²) < 4.78 is 0. The molecular weight excluding hydrogens is 304 g/mol. The summed E-state index contributed by atoms with van der Waals surface area (Å²) in [5, 5.41) is 1.20. The highest BCUT2D eigenvalue weighted by Crippen LogP contribution is 2.13. The van der Waals surface area contributed by atoms with Crippen molar-refractivity contribution in [1.29, 1.82) is 0 Å². The Kier molecular flexibility index (Phi) is 8.59. The summed E-state index contributed by atoms with van der Waals surface area (Å²) >= 11 is 0. The molecular formula is C19H28O3Si. The fourth-order valence-electron chi connectivity index (χ4n) is 2.46. The Morgan fingerprint density at radius 3 is 2.26 bits per heavy atom. The Morgan fingerprint density at radius 2 is 1.74 bits per heavy atom. The second kappa shape index (κ2) is 10.2. The first-order valence-electron chi connectivity index (χ1n) is 8.35. The number of rotatable bonds is 11. The van der Waals surface area contributed by atoms with E-state index in [1.165, 1.54) is 18.0 Å². The van der Waals surface area contributed by atoms with Gasteiger partial charge in [-0.25, -0.2) is 4.79 Å². The molecule has 0 atom stereocenters. The fourth-order valence-corrected chi connectivity index (χ4v) is 4.87. The van der Waals surface area contributed by atoms with Crippen LogP contribution < -0.4 is 5.19 Å². The van der Waals surface area contributed by atoms with Crippen molar-refractivity contribution in [3.8, 4) is 0 Å². The predicted molar refractivity (Wildman–Crippen MR) is 98.2 cm³/mol. The molecule has 0 N–H and O–H groups in total. The van der Waals surface area contributed by atoms with Gasteiger partial charge in [-0.3, -0.25) is 4.89 Å². The molecule has 0 spiro atoms. The topological polar surface area (TPSA) is 35.5 Å². The maximum atomic E-state index is 11.9.